The van der Waals surface area contributed by atoms with Crippen LogP contribution in [0.1, 0.15) is 24.3 Å². The Labute approximate surface area is 230 Å². The number of carbonyl (C=O) groups excluding carboxylic acids is 1. The first-order chi connectivity index (χ1) is 18.5. The summed E-state index contributed by atoms with van der Waals surface area (Å²) in [5, 5.41) is 11.7. The third-order valence-corrected chi connectivity index (χ3v) is 8.30. The van der Waals surface area contributed by atoms with E-state index in [1.807, 2.05) is 13.8 Å². The van der Waals surface area contributed by atoms with E-state index in [0.29, 0.717) is 29.2 Å². The number of carbonyl (C=O) groups is 1. The number of imidazole rings is 1. The van der Waals surface area contributed by atoms with Crippen LogP contribution in [0.4, 0.5) is 14.5 Å². The summed E-state index contributed by atoms with van der Waals surface area (Å²) in [4.78, 5) is 18.4. The van der Waals surface area contributed by atoms with Crippen LogP contribution >= 0.6 is 11.8 Å². The minimum atomic E-state index is -3.03. The van der Waals surface area contributed by atoms with Crippen molar-refractivity contribution in [2.24, 2.45) is 0 Å². The second-order valence-corrected chi connectivity index (χ2v) is 17.6. The van der Waals surface area contributed by atoms with Crippen LogP contribution in [0.5, 0.6) is 5.75 Å². The molecule has 3 aromatic heterocycles. The van der Waals surface area contributed by atoms with Gasteiger partial charge in [0.25, 0.3) is 5.91 Å². The van der Waals surface area contributed by atoms with Gasteiger partial charge in [0.05, 0.1) is 23.8 Å². The molecule has 0 saturated heterocycles. The van der Waals surface area contributed by atoms with E-state index in [1.165, 1.54) is 23.0 Å². The molecule has 0 atom stereocenters. The minimum absolute atomic E-state index is 0.0334. The number of benzene rings is 1. The van der Waals surface area contributed by atoms with Crippen LogP contribution in [0.25, 0.3) is 16.9 Å². The number of rotatable bonds is 12. The number of fused-ring (bicyclic) bond motifs is 1. The van der Waals surface area contributed by atoms with Gasteiger partial charge in [0.15, 0.2) is 11.3 Å². The van der Waals surface area contributed by atoms with Gasteiger partial charge in [-0.2, -0.15) is 19.0 Å². The molecule has 0 aliphatic rings. The van der Waals surface area contributed by atoms with Crippen LogP contribution in [0.2, 0.25) is 25.7 Å². The number of aromatic nitrogens is 5. The highest BCUT2D eigenvalue weighted by molar-refractivity contribution is 7.99. The van der Waals surface area contributed by atoms with Crippen molar-refractivity contribution in [3.63, 3.8) is 0 Å². The Hall–Kier alpha value is -3.29. The van der Waals surface area contributed by atoms with E-state index in [-0.39, 0.29) is 23.4 Å². The van der Waals surface area contributed by atoms with Crippen molar-refractivity contribution in [2.45, 2.75) is 63.0 Å². The molecule has 0 fully saturated rings. The summed E-state index contributed by atoms with van der Waals surface area (Å²) in [6, 6.07) is 9.42. The fourth-order valence-electron chi connectivity index (χ4n) is 3.80. The Morgan fingerprint density at radius 3 is 2.67 bits per heavy atom. The predicted molar refractivity (Wildman–Crippen MR) is 150 cm³/mol. The van der Waals surface area contributed by atoms with Crippen molar-refractivity contribution < 1.29 is 23.0 Å². The van der Waals surface area contributed by atoms with Gasteiger partial charge in [-0.15, -0.1) is 11.8 Å². The summed E-state index contributed by atoms with van der Waals surface area (Å²) in [6.45, 7) is 8.42. The van der Waals surface area contributed by atoms with Gasteiger partial charge in [-0.05, 0) is 36.4 Å². The van der Waals surface area contributed by atoms with E-state index in [9.17, 15) is 13.6 Å². The summed E-state index contributed by atoms with van der Waals surface area (Å²) in [5.74, 6) is -0.514. The molecule has 3 heterocycles. The maximum Gasteiger partial charge on any atom is 0.387 e. The zero-order chi connectivity index (χ0) is 28.2. The van der Waals surface area contributed by atoms with Crippen molar-refractivity contribution in [2.75, 3.05) is 11.9 Å². The summed E-state index contributed by atoms with van der Waals surface area (Å²) < 4.78 is 40.6. The highest BCUT2D eigenvalue weighted by atomic mass is 32.2. The fourth-order valence-corrected chi connectivity index (χ4v) is 5.43. The van der Waals surface area contributed by atoms with Gasteiger partial charge in [0.1, 0.15) is 12.5 Å². The van der Waals surface area contributed by atoms with Crippen LogP contribution in [-0.2, 0) is 11.5 Å². The molecule has 4 rings (SSSR count). The lowest BCUT2D eigenvalue weighted by Crippen LogP contribution is -2.22. The number of nitrogens with one attached hydrogen (secondary N) is 1. The van der Waals surface area contributed by atoms with E-state index < -0.39 is 20.6 Å². The van der Waals surface area contributed by atoms with E-state index in [4.69, 9.17) is 9.47 Å². The zero-order valence-electron chi connectivity index (χ0n) is 22.5. The Morgan fingerprint density at radius 1 is 1.15 bits per heavy atom. The van der Waals surface area contributed by atoms with Crippen molar-refractivity contribution in [3.8, 4) is 17.0 Å². The minimum Gasteiger partial charge on any atom is -0.434 e. The molecule has 0 aliphatic heterocycles. The lowest BCUT2D eigenvalue weighted by atomic mass is 10.1. The third-order valence-electron chi connectivity index (χ3n) is 5.60. The van der Waals surface area contributed by atoms with Crippen molar-refractivity contribution >= 4 is 37.1 Å². The number of halogens is 2. The van der Waals surface area contributed by atoms with E-state index >= 15 is 0 Å². The maximum absolute atomic E-state index is 13.4. The Morgan fingerprint density at radius 2 is 1.95 bits per heavy atom. The van der Waals surface area contributed by atoms with Crippen LogP contribution in [0.15, 0.2) is 53.8 Å². The first kappa shape index (κ1) is 28.7. The molecule has 13 heteroatoms. The van der Waals surface area contributed by atoms with Crippen molar-refractivity contribution in [1.82, 2.24) is 24.4 Å². The molecule has 0 unspecified atom stereocenters. The number of amides is 1. The molecular formula is C26H32F2N6O3SSi. The van der Waals surface area contributed by atoms with Crippen molar-refractivity contribution in [1.29, 1.82) is 0 Å². The van der Waals surface area contributed by atoms with Crippen LogP contribution < -0.4 is 10.1 Å². The van der Waals surface area contributed by atoms with Gasteiger partial charge in [-0.25, -0.2) is 14.2 Å². The SMILES string of the molecule is CC(C)Sc1ccc(OC(F)F)c(-c2c(NC(=O)c3cnc4cccnn34)cnn2COCC[Si](C)(C)C)c1. The molecule has 39 heavy (non-hydrogen) atoms. The van der Waals surface area contributed by atoms with E-state index in [0.717, 1.165) is 10.9 Å². The van der Waals surface area contributed by atoms with Gasteiger partial charge >= 0.3 is 6.61 Å². The van der Waals surface area contributed by atoms with Gasteiger partial charge in [-0.1, -0.05) is 33.5 Å². The molecule has 0 bridgehead atoms. The van der Waals surface area contributed by atoms with Crippen molar-refractivity contribution in [3.05, 3.63) is 54.6 Å². The molecule has 4 aromatic rings. The molecule has 9 nitrogen and oxygen atoms in total. The summed E-state index contributed by atoms with van der Waals surface area (Å²) in [5.41, 5.74) is 1.79. The third kappa shape index (κ3) is 7.43. The predicted octanol–water partition coefficient (Wildman–Crippen LogP) is 6.26. The fraction of sp³-hybridized carbons (Fsp3) is 0.385. The largest absolute Gasteiger partial charge is 0.434 e. The number of anilines is 1. The van der Waals surface area contributed by atoms with E-state index in [2.05, 4.69) is 40.1 Å². The molecule has 0 aliphatic carbocycles. The van der Waals surface area contributed by atoms with E-state index in [1.54, 1.807) is 46.9 Å². The molecule has 0 spiro atoms. The lowest BCUT2D eigenvalue weighted by molar-refractivity contribution is -0.0495. The average Bonchev–Trinajstić information content (AvgIpc) is 3.46. The number of hydrogen-bond acceptors (Lipinski definition) is 7. The number of nitrogens with zero attached hydrogens (tertiary/aromatic N) is 5. The molecule has 0 radical (unpaired) electrons. The number of hydrogen-bond donors (Lipinski definition) is 1. The first-order valence-electron chi connectivity index (χ1n) is 12.5. The standard InChI is InChI=1S/C26H32F2N6O3SSi/c1-17(2)38-18-8-9-22(37-26(27)28)19(13-18)24-20(14-31-33(24)16-36-11-12-39(3,4)5)32-25(35)21-15-29-23-7-6-10-30-34(21)23/h6-10,13-15,17,26H,11-12,16H2,1-5H3,(H,32,35). The second-order valence-electron chi connectivity index (χ2n) is 10.3. The summed E-state index contributed by atoms with van der Waals surface area (Å²) in [6.07, 6.45) is 4.45. The Balaban J connectivity index is 1.74. The molecular weight excluding hydrogens is 542 g/mol. The van der Waals surface area contributed by atoms with Crippen LogP contribution in [-0.4, -0.2) is 56.8 Å². The molecule has 1 aromatic carbocycles. The van der Waals surface area contributed by atoms with Gasteiger partial charge in [0.2, 0.25) is 0 Å². The number of thioether (sulfide) groups is 1. The lowest BCUT2D eigenvalue weighted by Gasteiger charge is -2.18. The molecule has 0 saturated carbocycles. The monoisotopic (exact) mass is 574 g/mol. The molecule has 1 amide bonds. The smallest absolute Gasteiger partial charge is 0.387 e. The second kappa shape index (κ2) is 12.3. The highest BCUT2D eigenvalue weighted by Crippen LogP contribution is 2.39. The quantitative estimate of drug-likeness (QED) is 0.121. The topological polar surface area (TPSA) is 95.6 Å². The van der Waals surface area contributed by atoms with Gasteiger partial charge in [0, 0.05) is 36.6 Å². The number of alkyl halides is 2. The number of ether oxygens (including phenoxy) is 2. The van der Waals surface area contributed by atoms with Gasteiger partial charge in [-0.3, -0.25) is 4.79 Å². The summed E-state index contributed by atoms with van der Waals surface area (Å²) >= 11 is 1.58. The average molecular weight is 575 g/mol. The normalized spacial score (nSPS) is 12.0. The first-order valence-corrected chi connectivity index (χ1v) is 17.1. The Bertz CT molecular complexity index is 1440. The highest BCUT2D eigenvalue weighted by Gasteiger charge is 2.23. The van der Waals surface area contributed by atoms with Crippen LogP contribution in [0.3, 0.4) is 0 Å². The summed E-state index contributed by atoms with van der Waals surface area (Å²) in [7, 11) is -1.33. The molecule has 208 valence electrons. The Kier molecular flexibility index (Phi) is 9.03. The van der Waals surface area contributed by atoms with Crippen LogP contribution in [0, 0.1) is 0 Å². The molecule has 1 N–H and O–H groups in total. The maximum atomic E-state index is 13.4. The zero-order valence-corrected chi connectivity index (χ0v) is 24.3. The van der Waals surface area contributed by atoms with Gasteiger partial charge < -0.3 is 14.8 Å².